The average Bonchev–Trinajstić information content (AvgIpc) is 2.96. The fourth-order valence-electron chi connectivity index (χ4n) is 4.05. The Labute approximate surface area is 230 Å². The summed E-state index contributed by atoms with van der Waals surface area (Å²) in [6.07, 6.45) is 3.47. The summed E-state index contributed by atoms with van der Waals surface area (Å²) in [5, 5.41) is 35.3. The summed E-state index contributed by atoms with van der Waals surface area (Å²) in [6, 6.07) is 21.5. The van der Waals surface area contributed by atoms with Crippen LogP contribution in [0.15, 0.2) is 72.8 Å². The summed E-state index contributed by atoms with van der Waals surface area (Å²) in [5.41, 5.74) is 3.43. The van der Waals surface area contributed by atoms with Crippen LogP contribution in [-0.4, -0.2) is 54.1 Å². The minimum atomic E-state index is -0.684. The van der Waals surface area contributed by atoms with E-state index in [9.17, 15) is 20.1 Å². The first kappa shape index (κ1) is 30.3. The van der Waals surface area contributed by atoms with Crippen molar-refractivity contribution in [2.45, 2.75) is 45.0 Å². The van der Waals surface area contributed by atoms with Gasteiger partial charge in [-0.15, -0.1) is 0 Å². The summed E-state index contributed by atoms with van der Waals surface area (Å²) >= 11 is 0. The molecule has 3 rings (SSSR count). The van der Waals surface area contributed by atoms with Crippen LogP contribution in [0.1, 0.15) is 58.8 Å². The molecule has 0 aliphatic heterocycles. The van der Waals surface area contributed by atoms with Gasteiger partial charge >= 0.3 is 0 Å². The lowest BCUT2D eigenvalue weighted by Gasteiger charge is -2.14. The van der Waals surface area contributed by atoms with Crippen molar-refractivity contribution in [3.8, 4) is 5.75 Å². The molecule has 1 amide bonds. The van der Waals surface area contributed by atoms with E-state index in [0.29, 0.717) is 49.7 Å². The van der Waals surface area contributed by atoms with E-state index < -0.39 is 6.10 Å². The van der Waals surface area contributed by atoms with Crippen LogP contribution in [0.5, 0.6) is 5.75 Å². The maximum Gasteiger partial charge on any atom is 0.255 e. The number of hydrogen-bond donors (Lipinski definition) is 5. The van der Waals surface area contributed by atoms with Crippen LogP contribution < -0.4 is 10.6 Å². The van der Waals surface area contributed by atoms with Crippen LogP contribution in [0.4, 0.5) is 5.69 Å². The molecule has 0 radical (unpaired) electrons. The van der Waals surface area contributed by atoms with Crippen LogP contribution in [0.3, 0.4) is 0 Å². The van der Waals surface area contributed by atoms with Gasteiger partial charge in [0.05, 0.1) is 32.5 Å². The number of unbranched alkanes of at least 4 members (excludes halogenated alkanes) is 3. The number of carbonyl (C=O) groups excluding carboxylic acids is 1. The zero-order chi connectivity index (χ0) is 27.7. The van der Waals surface area contributed by atoms with E-state index in [-0.39, 0.29) is 18.3 Å². The molecule has 3 aromatic carbocycles. The third kappa shape index (κ3) is 11.2. The first-order chi connectivity index (χ1) is 19.1. The van der Waals surface area contributed by atoms with E-state index in [4.69, 9.17) is 9.47 Å². The zero-order valence-electron chi connectivity index (χ0n) is 22.4. The number of amides is 1. The lowest BCUT2D eigenvalue weighted by atomic mass is 10.1. The molecule has 0 aromatic heterocycles. The van der Waals surface area contributed by atoms with Crippen molar-refractivity contribution in [1.29, 1.82) is 0 Å². The number of hydrogen-bond acceptors (Lipinski definition) is 7. The maximum atomic E-state index is 12.3. The van der Waals surface area contributed by atoms with Crippen molar-refractivity contribution in [3.05, 3.63) is 95.1 Å². The number of nitrogens with one attached hydrogen (secondary N) is 2. The molecule has 1 atom stereocenters. The molecule has 3 aromatic rings. The first-order valence-electron chi connectivity index (χ1n) is 13.5. The molecule has 39 heavy (non-hydrogen) atoms. The standard InChI is InChI=1S/C31H40N2O6/c34-22-27-20-26(13-14-29(27)35)30(36)21-32-15-6-1-2-7-16-38-17-18-39-23-24-9-8-12-28(19-24)33-31(37)25-10-4-3-5-11-25/h3-5,8-14,19-20,30,32,34-36H,1-2,6-7,15-18,21-23H2,(H,33,37)/t30-/m0/s1. The highest BCUT2D eigenvalue weighted by Crippen LogP contribution is 2.22. The van der Waals surface area contributed by atoms with E-state index in [1.807, 2.05) is 42.5 Å². The monoisotopic (exact) mass is 536 g/mol. The molecule has 0 aliphatic rings. The number of benzene rings is 3. The van der Waals surface area contributed by atoms with Crippen molar-refractivity contribution >= 4 is 11.6 Å². The van der Waals surface area contributed by atoms with Crippen LogP contribution in [0, 0.1) is 0 Å². The number of aromatic hydroxyl groups is 1. The highest BCUT2D eigenvalue weighted by atomic mass is 16.5. The second-order valence-corrected chi connectivity index (χ2v) is 9.37. The van der Waals surface area contributed by atoms with Gasteiger partial charge in [0, 0.05) is 30.0 Å². The molecule has 5 N–H and O–H groups in total. The quantitative estimate of drug-likeness (QED) is 0.151. The van der Waals surface area contributed by atoms with Gasteiger partial charge in [-0.1, -0.05) is 49.2 Å². The molecule has 0 saturated heterocycles. The first-order valence-corrected chi connectivity index (χ1v) is 13.5. The number of carbonyl (C=O) groups is 1. The minimum absolute atomic E-state index is 0.0337. The van der Waals surface area contributed by atoms with Gasteiger partial charge in [0.1, 0.15) is 5.75 Å². The van der Waals surface area contributed by atoms with E-state index >= 15 is 0 Å². The van der Waals surface area contributed by atoms with Crippen molar-refractivity contribution in [1.82, 2.24) is 5.32 Å². The fourth-order valence-corrected chi connectivity index (χ4v) is 4.05. The topological polar surface area (TPSA) is 120 Å². The molecule has 210 valence electrons. The third-order valence-corrected chi connectivity index (χ3v) is 6.25. The Bertz CT molecular complexity index is 1130. The molecule has 0 heterocycles. The molecule has 0 fully saturated rings. The van der Waals surface area contributed by atoms with Gasteiger partial charge in [0.2, 0.25) is 0 Å². The van der Waals surface area contributed by atoms with Crippen molar-refractivity contribution in [2.75, 3.05) is 38.2 Å². The van der Waals surface area contributed by atoms with Crippen LogP contribution in [-0.2, 0) is 22.7 Å². The van der Waals surface area contributed by atoms with Crippen molar-refractivity contribution < 1.29 is 29.6 Å². The van der Waals surface area contributed by atoms with Crippen LogP contribution >= 0.6 is 0 Å². The lowest BCUT2D eigenvalue weighted by molar-refractivity contribution is 0.0393. The molecule has 0 spiro atoms. The molecule has 8 nitrogen and oxygen atoms in total. The predicted molar refractivity (Wildman–Crippen MR) is 152 cm³/mol. The summed E-state index contributed by atoms with van der Waals surface area (Å²) < 4.78 is 11.4. The number of phenols is 1. The summed E-state index contributed by atoms with van der Waals surface area (Å²) in [4.78, 5) is 12.3. The Morgan fingerprint density at radius 2 is 1.64 bits per heavy atom. The average molecular weight is 537 g/mol. The maximum absolute atomic E-state index is 12.3. The minimum Gasteiger partial charge on any atom is -0.508 e. The summed E-state index contributed by atoms with van der Waals surface area (Å²) in [5.74, 6) is -0.105. The predicted octanol–water partition coefficient (Wildman–Crippen LogP) is 4.55. The van der Waals surface area contributed by atoms with Crippen molar-refractivity contribution in [2.24, 2.45) is 0 Å². The second kappa shape index (κ2) is 17.3. The Morgan fingerprint density at radius 3 is 2.46 bits per heavy atom. The molecule has 0 unspecified atom stereocenters. The number of ether oxygens (including phenoxy) is 2. The summed E-state index contributed by atoms with van der Waals surface area (Å²) in [6.45, 7) is 3.18. The SMILES string of the molecule is O=C(Nc1cccc(COCCOCCCCCCNC[C@H](O)c2ccc(O)c(CO)c2)c1)c1ccccc1. The van der Waals surface area contributed by atoms with Gasteiger partial charge in [-0.05, 0) is 66.9 Å². The molecular formula is C31H40N2O6. The zero-order valence-corrected chi connectivity index (χ0v) is 22.4. The molecular weight excluding hydrogens is 496 g/mol. The third-order valence-electron chi connectivity index (χ3n) is 6.25. The Hall–Kier alpha value is -3.27. The van der Waals surface area contributed by atoms with Crippen LogP contribution in [0.25, 0.3) is 0 Å². The van der Waals surface area contributed by atoms with Crippen molar-refractivity contribution in [3.63, 3.8) is 0 Å². The van der Waals surface area contributed by atoms with Gasteiger partial charge in [0.15, 0.2) is 0 Å². The van der Waals surface area contributed by atoms with E-state index in [0.717, 1.165) is 43.5 Å². The normalized spacial score (nSPS) is 11.8. The highest BCUT2D eigenvalue weighted by Gasteiger charge is 2.10. The molecule has 0 bridgehead atoms. The van der Waals surface area contributed by atoms with E-state index in [1.54, 1.807) is 24.3 Å². The Balaban J connectivity index is 1.16. The number of anilines is 1. The van der Waals surface area contributed by atoms with Gasteiger partial charge in [-0.3, -0.25) is 4.79 Å². The molecule has 0 saturated carbocycles. The summed E-state index contributed by atoms with van der Waals surface area (Å²) in [7, 11) is 0. The largest absolute Gasteiger partial charge is 0.508 e. The van der Waals surface area contributed by atoms with Gasteiger partial charge in [-0.2, -0.15) is 0 Å². The lowest BCUT2D eigenvalue weighted by Crippen LogP contribution is -2.22. The van der Waals surface area contributed by atoms with Gasteiger partial charge < -0.3 is 35.4 Å². The van der Waals surface area contributed by atoms with E-state index in [2.05, 4.69) is 10.6 Å². The van der Waals surface area contributed by atoms with Crippen LogP contribution in [0.2, 0.25) is 0 Å². The smallest absolute Gasteiger partial charge is 0.255 e. The molecule has 0 aliphatic carbocycles. The number of rotatable bonds is 18. The Kier molecular flexibility index (Phi) is 13.5. The van der Waals surface area contributed by atoms with Gasteiger partial charge in [-0.25, -0.2) is 0 Å². The van der Waals surface area contributed by atoms with Gasteiger partial charge in [0.25, 0.3) is 5.91 Å². The number of aliphatic hydroxyl groups excluding tert-OH is 2. The van der Waals surface area contributed by atoms with E-state index in [1.165, 1.54) is 6.07 Å². The second-order valence-electron chi connectivity index (χ2n) is 9.37. The Morgan fingerprint density at radius 1 is 0.846 bits per heavy atom. The highest BCUT2D eigenvalue weighted by molar-refractivity contribution is 6.04. The number of aliphatic hydroxyl groups is 2. The molecule has 8 heteroatoms. The fraction of sp³-hybridized carbons (Fsp3) is 0.387.